The third-order valence-electron chi connectivity index (χ3n) is 5.85. The van der Waals surface area contributed by atoms with Gasteiger partial charge >= 0.3 is 0 Å². The zero-order valence-electron chi connectivity index (χ0n) is 18.2. The third-order valence-corrected chi connectivity index (χ3v) is 5.85. The number of ether oxygens (including phenoxy) is 1. The Balaban J connectivity index is 1.46. The van der Waals surface area contributed by atoms with Crippen molar-refractivity contribution in [3.8, 4) is 0 Å². The molecule has 8 nitrogen and oxygen atoms in total. The number of dihydropyridines is 1. The van der Waals surface area contributed by atoms with Crippen LogP contribution in [0.25, 0.3) is 0 Å². The number of amides is 3. The fourth-order valence-corrected chi connectivity index (χ4v) is 4.11. The largest absolute Gasteiger partial charge is 0.366 e. The van der Waals surface area contributed by atoms with Crippen LogP contribution in [0.3, 0.4) is 0 Å². The lowest BCUT2D eigenvalue weighted by atomic mass is 9.76. The monoisotopic (exact) mass is 444 g/mol. The molecule has 1 fully saturated rings. The predicted molar refractivity (Wildman–Crippen MR) is 118 cm³/mol. The number of carbonyl (C=O) groups excluding carboxylic acids is 3. The summed E-state index contributed by atoms with van der Waals surface area (Å²) in [5, 5.41) is 2.98. The highest BCUT2D eigenvalue weighted by atomic mass is 19.1. The van der Waals surface area contributed by atoms with Gasteiger partial charge < -0.3 is 20.7 Å². The zero-order chi connectivity index (χ0) is 23.3. The van der Waals surface area contributed by atoms with Gasteiger partial charge in [0, 0.05) is 18.8 Å². The first kappa shape index (κ1) is 23.5. The molecule has 1 saturated carbocycles. The molecule has 3 rings (SSSR count). The molecule has 0 spiro atoms. The van der Waals surface area contributed by atoms with Gasteiger partial charge in [-0.05, 0) is 68.7 Å². The fraction of sp³-hybridized carbons (Fsp3) is 0.435. The predicted octanol–water partition coefficient (Wildman–Crippen LogP) is 1.68. The molecule has 1 aromatic rings. The Kier molecular flexibility index (Phi) is 7.63. The van der Waals surface area contributed by atoms with Crippen LogP contribution in [0.15, 0.2) is 48.2 Å². The van der Waals surface area contributed by atoms with E-state index in [1.807, 2.05) is 6.92 Å². The highest BCUT2D eigenvalue weighted by molar-refractivity contribution is 5.93. The molecule has 1 aliphatic heterocycles. The Labute approximate surface area is 186 Å². The number of hydrogen-bond acceptors (Lipinski definition) is 6. The van der Waals surface area contributed by atoms with Crippen LogP contribution in [0.2, 0.25) is 0 Å². The molecule has 2 aliphatic rings. The molecule has 32 heavy (non-hydrogen) atoms. The van der Waals surface area contributed by atoms with E-state index >= 15 is 0 Å². The number of nitrogens with one attached hydrogen (secondary N) is 1. The molecule has 9 heteroatoms. The minimum absolute atomic E-state index is 0.0219. The summed E-state index contributed by atoms with van der Waals surface area (Å²) < 4.78 is 19.3. The van der Waals surface area contributed by atoms with Gasteiger partial charge in [-0.3, -0.25) is 19.3 Å². The van der Waals surface area contributed by atoms with Gasteiger partial charge in [-0.2, -0.15) is 0 Å². The topological polar surface area (TPSA) is 105 Å². The van der Waals surface area contributed by atoms with E-state index in [9.17, 15) is 18.8 Å². The number of anilines is 1. The molecule has 3 amide bonds. The van der Waals surface area contributed by atoms with E-state index in [1.165, 1.54) is 17.0 Å². The Bertz CT molecular complexity index is 913. The third kappa shape index (κ3) is 5.73. The first-order valence-electron chi connectivity index (χ1n) is 10.6. The summed E-state index contributed by atoms with van der Waals surface area (Å²) in [6.07, 6.45) is 6.97. The summed E-state index contributed by atoms with van der Waals surface area (Å²) in [7, 11) is 1.68. The summed E-state index contributed by atoms with van der Waals surface area (Å²) in [4.78, 5) is 38.6. The number of primary amides is 1. The van der Waals surface area contributed by atoms with Gasteiger partial charge in [0.1, 0.15) is 5.82 Å². The van der Waals surface area contributed by atoms with Crippen molar-refractivity contribution in [1.29, 1.82) is 0 Å². The lowest BCUT2D eigenvalue weighted by Gasteiger charge is -2.41. The summed E-state index contributed by atoms with van der Waals surface area (Å²) in [6, 6.07) is 5.80. The highest BCUT2D eigenvalue weighted by Crippen LogP contribution is 2.35. The quantitative estimate of drug-likeness (QED) is 0.532. The van der Waals surface area contributed by atoms with Crippen LogP contribution < -0.4 is 16.0 Å². The van der Waals surface area contributed by atoms with E-state index in [1.54, 1.807) is 42.4 Å². The molecule has 1 unspecified atom stereocenters. The van der Waals surface area contributed by atoms with Crippen LogP contribution >= 0.6 is 0 Å². The molecule has 0 aromatic heterocycles. The molecule has 0 saturated heterocycles. The van der Waals surface area contributed by atoms with Crippen molar-refractivity contribution in [2.24, 2.45) is 11.7 Å². The summed E-state index contributed by atoms with van der Waals surface area (Å²) >= 11 is 0. The van der Waals surface area contributed by atoms with Crippen LogP contribution in [0.4, 0.5) is 10.1 Å². The first-order chi connectivity index (χ1) is 15.3. The van der Waals surface area contributed by atoms with Crippen molar-refractivity contribution in [1.82, 2.24) is 10.2 Å². The number of imide groups is 1. The molecule has 0 radical (unpaired) electrons. The van der Waals surface area contributed by atoms with Crippen molar-refractivity contribution in [2.45, 2.75) is 44.6 Å². The molecule has 2 atom stereocenters. The van der Waals surface area contributed by atoms with E-state index in [4.69, 9.17) is 10.5 Å². The van der Waals surface area contributed by atoms with Crippen LogP contribution in [0, 0.1) is 11.7 Å². The SMILES string of the molecule is C[C@@H](CC1CC(N(C=O)C(=O)CN(C)c2cccc(F)c2)C1)OC1NC=CC=C1C(N)=O. The lowest BCUT2D eigenvalue weighted by Crippen LogP contribution is -2.50. The second kappa shape index (κ2) is 10.4. The van der Waals surface area contributed by atoms with Crippen LogP contribution in [0.1, 0.15) is 26.2 Å². The molecule has 1 aromatic carbocycles. The number of benzene rings is 1. The molecule has 0 bridgehead atoms. The van der Waals surface area contributed by atoms with Gasteiger partial charge in [0.15, 0.2) is 6.23 Å². The molecule has 3 N–H and O–H groups in total. The number of allylic oxidation sites excluding steroid dienone is 2. The van der Waals surface area contributed by atoms with Crippen molar-refractivity contribution in [3.63, 3.8) is 0 Å². The first-order valence-corrected chi connectivity index (χ1v) is 10.6. The minimum Gasteiger partial charge on any atom is -0.366 e. The summed E-state index contributed by atoms with van der Waals surface area (Å²) in [6.45, 7) is 1.90. The Morgan fingerprint density at radius 3 is 2.78 bits per heavy atom. The maximum absolute atomic E-state index is 13.4. The molecule has 172 valence electrons. The standard InChI is InChI=1S/C23H29FN4O4/c1-15(32-23-20(22(25)31)7-4-8-26-23)9-16-10-19(11-16)28(14-29)21(30)13-27(2)18-6-3-5-17(24)12-18/h3-8,12,14-16,19,23,26H,9-11,13H2,1-2H3,(H2,25,31)/t15-,16?,19?,23?/m0/s1. The fourth-order valence-electron chi connectivity index (χ4n) is 4.11. The number of rotatable bonds is 10. The lowest BCUT2D eigenvalue weighted by molar-refractivity contribution is -0.143. The smallest absolute Gasteiger partial charge is 0.249 e. The Morgan fingerprint density at radius 2 is 2.12 bits per heavy atom. The van der Waals surface area contributed by atoms with E-state index < -0.39 is 12.1 Å². The van der Waals surface area contributed by atoms with Gasteiger partial charge in [0.2, 0.25) is 18.2 Å². The number of nitrogens with two attached hydrogens (primary N) is 1. The number of nitrogens with zero attached hydrogens (tertiary/aromatic N) is 2. The summed E-state index contributed by atoms with van der Waals surface area (Å²) in [5.74, 6) is -0.948. The maximum atomic E-state index is 13.4. The van der Waals surface area contributed by atoms with E-state index in [-0.39, 0.29) is 30.4 Å². The summed E-state index contributed by atoms with van der Waals surface area (Å²) in [5.41, 5.74) is 6.33. The average Bonchev–Trinajstić information content (AvgIpc) is 2.72. The van der Waals surface area contributed by atoms with Gasteiger partial charge in [-0.15, -0.1) is 0 Å². The maximum Gasteiger partial charge on any atom is 0.249 e. The van der Waals surface area contributed by atoms with Gasteiger partial charge in [-0.25, -0.2) is 4.39 Å². The number of hydrogen-bond donors (Lipinski definition) is 2. The minimum atomic E-state index is -0.588. The molecular formula is C23H29FN4O4. The molecule has 1 heterocycles. The number of carbonyl (C=O) groups is 3. The van der Waals surface area contributed by atoms with Gasteiger partial charge in [0.25, 0.3) is 0 Å². The van der Waals surface area contributed by atoms with Gasteiger partial charge in [0.05, 0.1) is 18.2 Å². The van der Waals surface area contributed by atoms with E-state index in [0.717, 1.165) is 6.42 Å². The molecule has 1 aliphatic carbocycles. The second-order valence-electron chi connectivity index (χ2n) is 8.31. The van der Waals surface area contributed by atoms with Crippen LogP contribution in [-0.4, -0.2) is 55.1 Å². The number of likely N-dealkylation sites (N-methyl/N-ethyl adjacent to an activating group) is 1. The normalized spacial score (nSPS) is 22.7. The molecular weight excluding hydrogens is 415 g/mol. The zero-order valence-corrected chi connectivity index (χ0v) is 18.2. The van der Waals surface area contributed by atoms with Crippen molar-refractivity contribution >= 4 is 23.9 Å². The Hall–Kier alpha value is -3.20. The van der Waals surface area contributed by atoms with E-state index in [0.29, 0.717) is 36.4 Å². The highest BCUT2D eigenvalue weighted by Gasteiger charge is 2.37. The second-order valence-corrected chi connectivity index (χ2v) is 8.31. The van der Waals surface area contributed by atoms with Gasteiger partial charge in [-0.1, -0.05) is 6.07 Å². The van der Waals surface area contributed by atoms with Crippen LogP contribution in [0.5, 0.6) is 0 Å². The van der Waals surface area contributed by atoms with Crippen molar-refractivity contribution < 1.29 is 23.5 Å². The van der Waals surface area contributed by atoms with Crippen molar-refractivity contribution in [2.75, 3.05) is 18.5 Å². The number of halogens is 1. The van der Waals surface area contributed by atoms with Crippen LogP contribution in [-0.2, 0) is 19.1 Å². The van der Waals surface area contributed by atoms with E-state index in [2.05, 4.69) is 5.32 Å². The average molecular weight is 445 g/mol. The Morgan fingerprint density at radius 1 is 1.38 bits per heavy atom. The van der Waals surface area contributed by atoms with Crippen molar-refractivity contribution in [3.05, 3.63) is 54.0 Å².